The summed E-state index contributed by atoms with van der Waals surface area (Å²) in [4.78, 5) is 25.2. The van der Waals surface area contributed by atoms with Gasteiger partial charge in [-0.2, -0.15) is 0 Å². The van der Waals surface area contributed by atoms with E-state index in [4.69, 9.17) is 11.5 Å². The van der Waals surface area contributed by atoms with Crippen molar-refractivity contribution in [1.82, 2.24) is 15.0 Å². The second kappa shape index (κ2) is 8.47. The minimum atomic E-state index is -3.93. The van der Waals surface area contributed by atoms with Gasteiger partial charge in [0.05, 0.1) is 12.1 Å². The maximum absolute atomic E-state index is 12.1. The van der Waals surface area contributed by atoms with E-state index >= 15 is 0 Å². The third-order valence-corrected chi connectivity index (χ3v) is 5.16. The number of aromatic nitrogens is 1. The molecule has 1 unspecified atom stereocenters. The van der Waals surface area contributed by atoms with Crippen LogP contribution in [0.4, 0.5) is 0 Å². The highest BCUT2D eigenvalue weighted by atomic mass is 35.5. The fourth-order valence-corrected chi connectivity index (χ4v) is 2.68. The van der Waals surface area contributed by atoms with Gasteiger partial charge in [0.25, 0.3) is 5.91 Å². The van der Waals surface area contributed by atoms with E-state index in [1.54, 1.807) is 6.92 Å². The predicted octanol–water partition coefficient (Wildman–Crippen LogP) is -0.697. The van der Waals surface area contributed by atoms with Crippen LogP contribution in [0.2, 0.25) is 0 Å². The van der Waals surface area contributed by atoms with Crippen molar-refractivity contribution >= 4 is 34.2 Å². The summed E-state index contributed by atoms with van der Waals surface area (Å²) in [5.74, 6) is -1.20. The van der Waals surface area contributed by atoms with Crippen molar-refractivity contribution in [2.24, 2.45) is 17.4 Å². The second-order valence-corrected chi connectivity index (χ2v) is 7.53. The normalized spacial score (nSPS) is 13.9. The van der Waals surface area contributed by atoms with Gasteiger partial charge in [0.1, 0.15) is 10.6 Å². The molecule has 2 amide bonds. The molecular weight excluding hydrogens is 358 g/mol. The van der Waals surface area contributed by atoms with Crippen molar-refractivity contribution in [2.45, 2.75) is 31.2 Å². The summed E-state index contributed by atoms with van der Waals surface area (Å²) in [7, 11) is -3.93. The Morgan fingerprint density at radius 3 is 2.38 bits per heavy atom. The van der Waals surface area contributed by atoms with Crippen LogP contribution >= 0.6 is 12.4 Å². The molecule has 9 nitrogen and oxygen atoms in total. The van der Waals surface area contributed by atoms with Crippen LogP contribution in [0.5, 0.6) is 0 Å². The average Bonchev–Trinajstić information content (AvgIpc) is 2.95. The number of rotatable bonds is 8. The number of primary amides is 1. The minimum Gasteiger partial charge on any atom is -0.364 e. The summed E-state index contributed by atoms with van der Waals surface area (Å²) in [6.45, 7) is 5.38. The lowest BCUT2D eigenvalue weighted by atomic mass is 9.88. The first kappa shape index (κ1) is 22.4. The molecule has 0 saturated carbocycles. The molecule has 0 radical (unpaired) electrons. The Morgan fingerprint density at radius 2 is 1.96 bits per heavy atom. The zero-order chi connectivity index (χ0) is 17.8. The van der Waals surface area contributed by atoms with Gasteiger partial charge in [-0.05, 0) is 18.9 Å². The van der Waals surface area contributed by atoms with Crippen molar-refractivity contribution < 1.29 is 18.0 Å². The lowest BCUT2D eigenvalue weighted by molar-refractivity contribution is -0.122. The van der Waals surface area contributed by atoms with Crippen molar-refractivity contribution in [3.8, 4) is 0 Å². The molecular formula is C13H24ClN5O4S. The number of carbonyl (C=O) groups is 2. The number of sulfonamides is 1. The van der Waals surface area contributed by atoms with Gasteiger partial charge in [0.2, 0.25) is 15.9 Å². The van der Waals surface area contributed by atoms with Gasteiger partial charge < -0.3 is 21.8 Å². The van der Waals surface area contributed by atoms with E-state index in [-0.39, 0.29) is 35.5 Å². The molecule has 7 N–H and O–H groups in total. The molecule has 24 heavy (non-hydrogen) atoms. The number of hydrogen-bond donors (Lipinski definition) is 5. The lowest BCUT2D eigenvalue weighted by Gasteiger charge is -2.33. The Kier molecular flexibility index (Phi) is 7.90. The van der Waals surface area contributed by atoms with Crippen molar-refractivity contribution in [1.29, 1.82) is 0 Å². The molecule has 11 heteroatoms. The number of carbonyl (C=O) groups excluding carboxylic acids is 2. The third-order valence-electron chi connectivity index (χ3n) is 3.78. The van der Waals surface area contributed by atoms with Crippen LogP contribution in [-0.4, -0.2) is 43.8 Å². The van der Waals surface area contributed by atoms with E-state index in [2.05, 4.69) is 15.0 Å². The van der Waals surface area contributed by atoms with Crippen LogP contribution in [-0.2, 0) is 14.8 Å². The Hall–Kier alpha value is -1.62. The predicted molar refractivity (Wildman–Crippen MR) is 92.2 cm³/mol. The van der Waals surface area contributed by atoms with E-state index < -0.39 is 33.9 Å². The van der Waals surface area contributed by atoms with Gasteiger partial charge in [-0.15, -0.1) is 12.4 Å². The monoisotopic (exact) mass is 381 g/mol. The number of nitrogens with two attached hydrogens (primary N) is 2. The fraction of sp³-hybridized carbons (Fsp3) is 0.538. The molecule has 0 aliphatic heterocycles. The van der Waals surface area contributed by atoms with E-state index in [0.29, 0.717) is 0 Å². The summed E-state index contributed by atoms with van der Waals surface area (Å²) in [6, 6.07) is 1.10. The molecule has 0 fully saturated rings. The number of hydrogen-bond acceptors (Lipinski definition) is 5. The molecule has 1 aromatic heterocycles. The average molecular weight is 382 g/mol. The number of halogens is 1. The molecule has 0 bridgehead atoms. The number of aromatic amines is 1. The standard InChI is InChI=1S/C13H23N5O4S.ClH/c1-8(2)13(3,7-14)18-11(19)6-17-23(21,22)9-4-10(12(15)20)16-5-9;/h4-5,8,16-17H,6-7,14H2,1-3H3,(H2,15,20)(H,18,19);1H. The van der Waals surface area contributed by atoms with Gasteiger partial charge in [-0.1, -0.05) is 13.8 Å². The fourth-order valence-electron chi connectivity index (χ4n) is 1.71. The highest BCUT2D eigenvalue weighted by molar-refractivity contribution is 7.89. The molecule has 0 spiro atoms. The molecule has 138 valence electrons. The van der Waals surface area contributed by atoms with Gasteiger partial charge in [0, 0.05) is 12.7 Å². The summed E-state index contributed by atoms with van der Waals surface area (Å²) >= 11 is 0. The van der Waals surface area contributed by atoms with Crippen molar-refractivity contribution in [2.75, 3.05) is 13.1 Å². The van der Waals surface area contributed by atoms with Crippen molar-refractivity contribution in [3.05, 3.63) is 18.0 Å². The van der Waals surface area contributed by atoms with Crippen molar-refractivity contribution in [3.63, 3.8) is 0 Å². The number of nitrogens with one attached hydrogen (secondary N) is 3. The van der Waals surface area contributed by atoms with Crippen LogP contribution < -0.4 is 21.5 Å². The molecule has 1 heterocycles. The Labute approximate surface area is 147 Å². The Morgan fingerprint density at radius 1 is 1.38 bits per heavy atom. The SMILES string of the molecule is CC(C)C(C)(CN)NC(=O)CNS(=O)(=O)c1c[nH]c(C(N)=O)c1.Cl. The third kappa shape index (κ3) is 5.48. The molecule has 0 saturated heterocycles. The molecule has 0 aliphatic rings. The minimum absolute atomic E-state index is 0. The molecule has 1 rings (SSSR count). The molecule has 0 aliphatic carbocycles. The summed E-state index contributed by atoms with van der Waals surface area (Å²) < 4.78 is 26.3. The summed E-state index contributed by atoms with van der Waals surface area (Å²) in [5.41, 5.74) is 10.0. The van der Waals surface area contributed by atoms with Gasteiger partial charge in [-0.3, -0.25) is 9.59 Å². The lowest BCUT2D eigenvalue weighted by Crippen LogP contribution is -2.56. The van der Waals surface area contributed by atoms with E-state index in [1.807, 2.05) is 13.8 Å². The highest BCUT2D eigenvalue weighted by Gasteiger charge is 2.29. The van der Waals surface area contributed by atoms with Crippen LogP contribution in [0.1, 0.15) is 31.3 Å². The summed E-state index contributed by atoms with van der Waals surface area (Å²) in [6.07, 6.45) is 1.12. The Bertz CT molecular complexity index is 688. The largest absolute Gasteiger partial charge is 0.364 e. The highest BCUT2D eigenvalue weighted by Crippen LogP contribution is 2.14. The number of amides is 2. The maximum atomic E-state index is 12.1. The van der Waals surface area contributed by atoms with E-state index in [1.165, 1.54) is 0 Å². The number of H-pyrrole nitrogens is 1. The Balaban J connectivity index is 0.00000529. The molecule has 1 aromatic rings. The van der Waals surface area contributed by atoms with Crippen LogP contribution in [0.15, 0.2) is 17.2 Å². The molecule has 0 aromatic carbocycles. The quantitative estimate of drug-likeness (QED) is 0.402. The van der Waals surface area contributed by atoms with Gasteiger partial charge in [-0.25, -0.2) is 13.1 Å². The van der Waals surface area contributed by atoms with Crippen LogP contribution in [0.3, 0.4) is 0 Å². The second-order valence-electron chi connectivity index (χ2n) is 5.76. The van der Waals surface area contributed by atoms with E-state index in [0.717, 1.165) is 12.3 Å². The van der Waals surface area contributed by atoms with Gasteiger partial charge >= 0.3 is 0 Å². The van der Waals surface area contributed by atoms with Crippen LogP contribution in [0.25, 0.3) is 0 Å². The first-order chi connectivity index (χ1) is 10.5. The zero-order valence-corrected chi connectivity index (χ0v) is 15.4. The topological polar surface area (TPSA) is 160 Å². The van der Waals surface area contributed by atoms with E-state index in [9.17, 15) is 18.0 Å². The summed E-state index contributed by atoms with van der Waals surface area (Å²) in [5, 5.41) is 2.72. The maximum Gasteiger partial charge on any atom is 0.265 e. The zero-order valence-electron chi connectivity index (χ0n) is 13.8. The van der Waals surface area contributed by atoms with Gasteiger partial charge in [0.15, 0.2) is 0 Å². The van der Waals surface area contributed by atoms with Crippen LogP contribution in [0, 0.1) is 5.92 Å². The first-order valence-electron chi connectivity index (χ1n) is 7.01. The smallest absolute Gasteiger partial charge is 0.265 e. The first-order valence-corrected chi connectivity index (χ1v) is 8.49. The molecule has 1 atom stereocenters.